The molecule has 79 heavy (non-hydrogen) atoms. The molecule has 0 saturated carbocycles. The molecule has 4 nitrogen and oxygen atoms in total. The monoisotopic (exact) mass is 1020 g/mol. The molecule has 0 bridgehead atoms. The van der Waals surface area contributed by atoms with Crippen LogP contribution in [0.3, 0.4) is 0 Å². The average molecular weight is 1020 g/mol. The van der Waals surface area contributed by atoms with Crippen LogP contribution in [0.25, 0.3) is 116 Å². The summed E-state index contributed by atoms with van der Waals surface area (Å²) >= 11 is 0. The Bertz CT molecular complexity index is 4570. The molecular formula is C75H58N2O2. The fourth-order valence-corrected chi connectivity index (χ4v) is 13.5. The minimum absolute atomic E-state index is 0.117. The van der Waals surface area contributed by atoms with Crippen LogP contribution in [0.15, 0.2) is 262 Å². The molecule has 10 aromatic carbocycles. The Hall–Kier alpha value is -9.25. The lowest BCUT2D eigenvalue weighted by molar-refractivity contribution is 0.436. The second-order valence-corrected chi connectivity index (χ2v) is 21.7. The van der Waals surface area contributed by atoms with Crippen molar-refractivity contribution in [3.05, 3.63) is 259 Å². The minimum Gasteiger partial charge on any atom is -0.456 e. The number of hydrogen-bond acceptors (Lipinski definition) is 3. The van der Waals surface area contributed by atoms with Crippen molar-refractivity contribution in [1.29, 1.82) is 0 Å². The van der Waals surface area contributed by atoms with Gasteiger partial charge in [-0.15, -0.1) is 0 Å². The maximum atomic E-state index is 6.95. The van der Waals surface area contributed by atoms with Gasteiger partial charge in [0.05, 0.1) is 28.1 Å². The van der Waals surface area contributed by atoms with Gasteiger partial charge in [-0.05, 0) is 154 Å². The topological polar surface area (TPSA) is 43.6 Å². The number of fused-ring (bicyclic) bond motifs is 9. The fraction of sp³-hybridized carbons (Fsp3) is 0.133. The summed E-state index contributed by atoms with van der Waals surface area (Å²) in [6.07, 6.45) is 13.1. The van der Waals surface area contributed by atoms with Crippen molar-refractivity contribution in [3.8, 4) is 50.2 Å². The molecule has 0 N–H and O–H groups in total. The molecule has 1 aliphatic carbocycles. The summed E-state index contributed by atoms with van der Waals surface area (Å²) in [6.45, 7) is 2.37. The van der Waals surface area contributed by atoms with E-state index in [1.807, 2.05) is 0 Å². The molecule has 3 atom stereocenters. The third kappa shape index (κ3) is 8.16. The first-order valence-corrected chi connectivity index (χ1v) is 28.3. The van der Waals surface area contributed by atoms with Crippen LogP contribution in [0.5, 0.6) is 0 Å². The number of allylic oxidation sites excluding steroid dienone is 4. The van der Waals surface area contributed by atoms with Crippen LogP contribution in [0.2, 0.25) is 0 Å². The fourth-order valence-electron chi connectivity index (χ4n) is 13.5. The third-order valence-corrected chi connectivity index (χ3v) is 17.3. The molecule has 2 aliphatic rings. The van der Waals surface area contributed by atoms with Gasteiger partial charge in [-0.1, -0.05) is 195 Å². The highest BCUT2D eigenvalue weighted by Crippen LogP contribution is 2.48. The predicted molar refractivity (Wildman–Crippen MR) is 331 cm³/mol. The van der Waals surface area contributed by atoms with Gasteiger partial charge in [-0.25, -0.2) is 0 Å². The van der Waals surface area contributed by atoms with E-state index in [4.69, 9.17) is 13.8 Å². The van der Waals surface area contributed by atoms with Crippen LogP contribution >= 0.6 is 0 Å². The largest absolute Gasteiger partial charge is 0.456 e. The summed E-state index contributed by atoms with van der Waals surface area (Å²) in [5.74, 6) is 0.553. The van der Waals surface area contributed by atoms with E-state index in [0.29, 0.717) is 0 Å². The Morgan fingerprint density at radius 3 is 1.94 bits per heavy atom. The highest BCUT2D eigenvalue weighted by Gasteiger charge is 2.33. The number of para-hydroxylation sites is 2. The maximum absolute atomic E-state index is 6.95. The molecule has 380 valence electrons. The summed E-state index contributed by atoms with van der Waals surface area (Å²) in [4.78, 5) is 5.83. The van der Waals surface area contributed by atoms with E-state index >= 15 is 0 Å². The standard InChI is InChI=1S/C75H58N2O2/c1-2-57-59(29-17-31-65(76-74(57)52-23-10-5-11-24-52)51-37-35-50(36-38-51)48-19-6-3-7-20-48)61-30-18-34-69-72(61)63-41-39-55(47-71(63)79-69)53-25-16-26-56(45-53)58-42-44-70-73(62-28-13-15-33-68(62)78-70)75(58)77-66-32-14-12-27-60(66)64-46-54(40-43-67(64)77)49-21-8-4-9-22-49/h3-10,12-16,18-23,25-28,30,32-47,57,59,65H,2,11,17,24,29,31H2,1H3. The number of benzene rings is 10. The van der Waals surface area contributed by atoms with Crippen LogP contribution in [0.1, 0.15) is 68.5 Å². The normalized spacial score (nSPS) is 16.9. The second kappa shape index (κ2) is 19.6. The van der Waals surface area contributed by atoms with Crippen LogP contribution in [0.4, 0.5) is 0 Å². The zero-order valence-corrected chi connectivity index (χ0v) is 44.3. The summed E-state index contributed by atoms with van der Waals surface area (Å²) < 4.78 is 16.1. The molecular weight excluding hydrogens is 961 g/mol. The van der Waals surface area contributed by atoms with Gasteiger partial charge in [0.2, 0.25) is 0 Å². The molecule has 0 fully saturated rings. The summed E-state index contributed by atoms with van der Waals surface area (Å²) in [5, 5.41) is 7.02. The van der Waals surface area contributed by atoms with Crippen molar-refractivity contribution >= 4 is 71.4 Å². The first-order chi connectivity index (χ1) is 39.1. The van der Waals surface area contributed by atoms with E-state index < -0.39 is 0 Å². The number of furan rings is 2. The SMILES string of the molecule is CCC1C(C2=CC=CCC2)=NC(c2ccc(-c3ccccc3)cc2)CCCC1c1cccc2oc3cc(-c4cccc(-c5ccc6oc7ccccc7c6c5-n5c6ccccc6c6cc(-c7ccccc7)ccc65)c4)ccc3c12. The van der Waals surface area contributed by atoms with E-state index in [1.54, 1.807) is 0 Å². The molecule has 4 heterocycles. The average Bonchev–Trinajstić information content (AvgIpc) is 4.41. The van der Waals surface area contributed by atoms with Crippen molar-refractivity contribution in [1.82, 2.24) is 4.57 Å². The maximum Gasteiger partial charge on any atom is 0.137 e. The third-order valence-electron chi connectivity index (χ3n) is 17.3. The Morgan fingerprint density at radius 2 is 1.11 bits per heavy atom. The Kier molecular flexibility index (Phi) is 11.7. The van der Waals surface area contributed by atoms with E-state index in [9.17, 15) is 0 Å². The van der Waals surface area contributed by atoms with Gasteiger partial charge in [-0.2, -0.15) is 0 Å². The molecule has 0 spiro atoms. The Labute approximate surface area is 460 Å². The molecule has 4 heteroatoms. The lowest BCUT2D eigenvalue weighted by Gasteiger charge is -2.34. The van der Waals surface area contributed by atoms with E-state index in [1.165, 1.54) is 66.2 Å². The molecule has 0 radical (unpaired) electrons. The van der Waals surface area contributed by atoms with Crippen molar-refractivity contribution in [2.45, 2.75) is 57.4 Å². The number of nitrogens with zero attached hydrogens (tertiary/aromatic N) is 2. The number of hydrogen-bond donors (Lipinski definition) is 0. The zero-order valence-electron chi connectivity index (χ0n) is 44.3. The van der Waals surface area contributed by atoms with E-state index in [-0.39, 0.29) is 17.9 Å². The number of aromatic nitrogens is 1. The zero-order chi connectivity index (χ0) is 52.4. The van der Waals surface area contributed by atoms with Crippen LogP contribution in [-0.2, 0) is 0 Å². The molecule has 0 saturated heterocycles. The lowest BCUT2D eigenvalue weighted by atomic mass is 9.73. The van der Waals surface area contributed by atoms with Gasteiger partial charge >= 0.3 is 0 Å². The van der Waals surface area contributed by atoms with Gasteiger partial charge in [0, 0.05) is 44.1 Å². The van der Waals surface area contributed by atoms with Crippen molar-refractivity contribution in [2.24, 2.45) is 10.9 Å². The molecule has 15 rings (SSSR count). The van der Waals surface area contributed by atoms with Gasteiger partial charge in [0.15, 0.2) is 0 Å². The van der Waals surface area contributed by atoms with Gasteiger partial charge in [-0.3, -0.25) is 4.99 Å². The quantitative estimate of drug-likeness (QED) is 0.145. The van der Waals surface area contributed by atoms with Crippen molar-refractivity contribution in [3.63, 3.8) is 0 Å². The predicted octanol–water partition coefficient (Wildman–Crippen LogP) is 21.0. The van der Waals surface area contributed by atoms with Gasteiger partial charge in [0.25, 0.3) is 0 Å². The second-order valence-electron chi connectivity index (χ2n) is 21.7. The van der Waals surface area contributed by atoms with Crippen molar-refractivity contribution < 1.29 is 8.83 Å². The van der Waals surface area contributed by atoms with Gasteiger partial charge < -0.3 is 13.4 Å². The highest BCUT2D eigenvalue weighted by molar-refractivity contribution is 6.17. The first-order valence-electron chi connectivity index (χ1n) is 28.3. The Balaban J connectivity index is 0.826. The van der Waals surface area contributed by atoms with Crippen LogP contribution < -0.4 is 0 Å². The van der Waals surface area contributed by atoms with Crippen LogP contribution in [0, 0.1) is 5.92 Å². The summed E-state index contributed by atoms with van der Waals surface area (Å²) in [6, 6.07) is 81.9. The molecule has 3 unspecified atom stereocenters. The molecule has 13 aromatic rings. The van der Waals surface area contributed by atoms with E-state index in [2.05, 4.69) is 254 Å². The smallest absolute Gasteiger partial charge is 0.137 e. The van der Waals surface area contributed by atoms with Crippen LogP contribution in [-0.4, -0.2) is 10.3 Å². The number of aliphatic imine (C=N–C) groups is 1. The molecule has 3 aromatic heterocycles. The van der Waals surface area contributed by atoms with Crippen molar-refractivity contribution in [2.75, 3.05) is 0 Å². The van der Waals surface area contributed by atoms with E-state index in [0.717, 1.165) is 111 Å². The lowest BCUT2D eigenvalue weighted by Crippen LogP contribution is -2.27. The molecule has 1 aliphatic heterocycles. The first kappa shape index (κ1) is 47.0. The highest BCUT2D eigenvalue weighted by atomic mass is 16.3. The minimum atomic E-state index is 0.117. The Morgan fingerprint density at radius 1 is 0.481 bits per heavy atom. The van der Waals surface area contributed by atoms with Gasteiger partial charge in [0.1, 0.15) is 22.3 Å². The number of rotatable bonds is 9. The molecule has 0 amide bonds. The summed E-state index contributed by atoms with van der Waals surface area (Å²) in [7, 11) is 0. The summed E-state index contributed by atoms with van der Waals surface area (Å²) in [5.41, 5.74) is 21.7.